The quantitative estimate of drug-likeness (QED) is 0.744. The summed E-state index contributed by atoms with van der Waals surface area (Å²) >= 11 is 0. The molecule has 0 aromatic heterocycles. The van der Waals surface area contributed by atoms with Crippen LogP contribution in [0.1, 0.15) is 6.92 Å². The number of methoxy groups -OCH3 is 2. The van der Waals surface area contributed by atoms with E-state index in [2.05, 4.69) is 15.4 Å². The fourth-order valence-corrected chi connectivity index (χ4v) is 1.41. The van der Waals surface area contributed by atoms with E-state index in [9.17, 15) is 9.59 Å². The van der Waals surface area contributed by atoms with Gasteiger partial charge < -0.3 is 14.8 Å². The SMILES string of the molecule is COC(=O)C(C)NCC(=O)Nc1cccc(OC)c1. The molecule has 104 valence electrons. The molecule has 1 rings (SSSR count). The van der Waals surface area contributed by atoms with E-state index in [4.69, 9.17) is 4.74 Å². The Kier molecular flexibility index (Phi) is 5.81. The van der Waals surface area contributed by atoms with Crippen molar-refractivity contribution in [2.45, 2.75) is 13.0 Å². The zero-order chi connectivity index (χ0) is 14.3. The van der Waals surface area contributed by atoms with Crippen molar-refractivity contribution in [3.05, 3.63) is 24.3 Å². The van der Waals surface area contributed by atoms with Crippen molar-refractivity contribution in [2.75, 3.05) is 26.1 Å². The number of ether oxygens (including phenoxy) is 2. The van der Waals surface area contributed by atoms with Gasteiger partial charge in [-0.15, -0.1) is 0 Å². The van der Waals surface area contributed by atoms with Crippen molar-refractivity contribution < 1.29 is 19.1 Å². The lowest BCUT2D eigenvalue weighted by Crippen LogP contribution is -2.39. The third kappa shape index (κ3) is 4.97. The summed E-state index contributed by atoms with van der Waals surface area (Å²) in [5, 5.41) is 5.46. The van der Waals surface area contributed by atoms with Gasteiger partial charge in [0.25, 0.3) is 0 Å². The maximum Gasteiger partial charge on any atom is 0.322 e. The van der Waals surface area contributed by atoms with Gasteiger partial charge in [0.15, 0.2) is 0 Å². The second kappa shape index (κ2) is 7.38. The lowest BCUT2D eigenvalue weighted by atomic mass is 10.3. The molecule has 6 heteroatoms. The summed E-state index contributed by atoms with van der Waals surface area (Å²) in [5.41, 5.74) is 0.636. The number of benzene rings is 1. The number of nitrogens with one attached hydrogen (secondary N) is 2. The highest BCUT2D eigenvalue weighted by Crippen LogP contribution is 2.16. The summed E-state index contributed by atoms with van der Waals surface area (Å²) in [5.74, 6) is 0.00637. The number of esters is 1. The summed E-state index contributed by atoms with van der Waals surface area (Å²) in [6, 6.07) is 6.50. The lowest BCUT2D eigenvalue weighted by molar-refractivity contribution is -0.142. The van der Waals surface area contributed by atoms with Crippen LogP contribution < -0.4 is 15.4 Å². The zero-order valence-electron chi connectivity index (χ0n) is 11.2. The van der Waals surface area contributed by atoms with Gasteiger partial charge in [-0.3, -0.25) is 14.9 Å². The van der Waals surface area contributed by atoms with E-state index < -0.39 is 12.0 Å². The Hall–Kier alpha value is -2.08. The normalized spacial score (nSPS) is 11.5. The van der Waals surface area contributed by atoms with Gasteiger partial charge >= 0.3 is 5.97 Å². The molecule has 1 aromatic rings. The van der Waals surface area contributed by atoms with Crippen LogP contribution in [-0.2, 0) is 14.3 Å². The highest BCUT2D eigenvalue weighted by atomic mass is 16.5. The fourth-order valence-electron chi connectivity index (χ4n) is 1.41. The predicted molar refractivity (Wildman–Crippen MR) is 71.1 cm³/mol. The third-order valence-electron chi connectivity index (χ3n) is 2.48. The second-order valence-corrected chi connectivity index (χ2v) is 3.91. The molecular weight excluding hydrogens is 248 g/mol. The van der Waals surface area contributed by atoms with Gasteiger partial charge in [0.05, 0.1) is 20.8 Å². The number of hydrogen-bond donors (Lipinski definition) is 2. The molecule has 0 aliphatic rings. The molecule has 0 fully saturated rings. The Morgan fingerprint density at radius 2 is 2.05 bits per heavy atom. The molecule has 1 atom stereocenters. The maximum atomic E-state index is 11.7. The van der Waals surface area contributed by atoms with Crippen LogP contribution in [0.15, 0.2) is 24.3 Å². The number of amides is 1. The Balaban J connectivity index is 2.44. The second-order valence-electron chi connectivity index (χ2n) is 3.91. The first kappa shape index (κ1) is 15.0. The maximum absolute atomic E-state index is 11.7. The van der Waals surface area contributed by atoms with Crippen LogP contribution in [0, 0.1) is 0 Å². The van der Waals surface area contributed by atoms with Crippen molar-refractivity contribution in [1.29, 1.82) is 0 Å². The highest BCUT2D eigenvalue weighted by molar-refractivity contribution is 5.92. The molecule has 0 bridgehead atoms. The topological polar surface area (TPSA) is 76.7 Å². The van der Waals surface area contributed by atoms with Crippen molar-refractivity contribution in [1.82, 2.24) is 5.32 Å². The molecule has 2 N–H and O–H groups in total. The molecule has 1 unspecified atom stereocenters. The standard InChI is InChI=1S/C13H18N2O4/c1-9(13(17)19-3)14-8-12(16)15-10-5-4-6-11(7-10)18-2/h4-7,9,14H,8H2,1-3H3,(H,15,16). The van der Waals surface area contributed by atoms with Crippen molar-refractivity contribution in [3.8, 4) is 5.75 Å². The number of carbonyl (C=O) groups excluding carboxylic acids is 2. The van der Waals surface area contributed by atoms with Crippen LogP contribution in [0.5, 0.6) is 5.75 Å². The molecule has 1 aromatic carbocycles. The van der Waals surface area contributed by atoms with E-state index in [0.29, 0.717) is 11.4 Å². The van der Waals surface area contributed by atoms with Crippen LogP contribution in [0.3, 0.4) is 0 Å². The molecule has 0 spiro atoms. The van der Waals surface area contributed by atoms with Crippen LogP contribution >= 0.6 is 0 Å². The third-order valence-corrected chi connectivity index (χ3v) is 2.48. The van der Waals surface area contributed by atoms with E-state index >= 15 is 0 Å². The molecule has 0 saturated carbocycles. The minimum absolute atomic E-state index is 0.0213. The van der Waals surface area contributed by atoms with E-state index in [1.165, 1.54) is 7.11 Å². The lowest BCUT2D eigenvalue weighted by Gasteiger charge is -2.11. The first-order chi connectivity index (χ1) is 9.06. The summed E-state index contributed by atoms with van der Waals surface area (Å²) in [7, 11) is 2.86. The van der Waals surface area contributed by atoms with E-state index in [1.807, 2.05) is 0 Å². The molecule has 0 aliphatic heterocycles. The number of anilines is 1. The van der Waals surface area contributed by atoms with E-state index in [1.54, 1.807) is 38.3 Å². The number of rotatable bonds is 6. The van der Waals surface area contributed by atoms with Gasteiger partial charge in [-0.1, -0.05) is 6.07 Å². The zero-order valence-corrected chi connectivity index (χ0v) is 11.2. The highest BCUT2D eigenvalue weighted by Gasteiger charge is 2.13. The van der Waals surface area contributed by atoms with Crippen molar-refractivity contribution >= 4 is 17.6 Å². The Morgan fingerprint density at radius 3 is 2.68 bits per heavy atom. The minimum atomic E-state index is -0.527. The Morgan fingerprint density at radius 1 is 1.32 bits per heavy atom. The molecule has 0 radical (unpaired) electrons. The minimum Gasteiger partial charge on any atom is -0.497 e. The molecule has 0 heterocycles. The van der Waals surface area contributed by atoms with Crippen LogP contribution in [0.2, 0.25) is 0 Å². The molecule has 1 amide bonds. The van der Waals surface area contributed by atoms with Gasteiger partial charge in [0, 0.05) is 11.8 Å². The largest absolute Gasteiger partial charge is 0.497 e. The van der Waals surface area contributed by atoms with Gasteiger partial charge in [-0.2, -0.15) is 0 Å². The molecule has 0 aliphatic carbocycles. The Bertz CT molecular complexity index is 448. The van der Waals surface area contributed by atoms with Crippen LogP contribution in [0.25, 0.3) is 0 Å². The monoisotopic (exact) mass is 266 g/mol. The van der Waals surface area contributed by atoms with Crippen LogP contribution in [0.4, 0.5) is 5.69 Å². The number of carbonyl (C=O) groups is 2. The summed E-state index contributed by atoms with van der Waals surface area (Å²) in [4.78, 5) is 22.8. The van der Waals surface area contributed by atoms with Gasteiger partial charge in [-0.25, -0.2) is 0 Å². The first-order valence-electron chi connectivity index (χ1n) is 5.82. The summed E-state index contributed by atoms with van der Waals surface area (Å²) < 4.78 is 9.60. The van der Waals surface area contributed by atoms with Crippen molar-refractivity contribution in [3.63, 3.8) is 0 Å². The summed E-state index contributed by atoms with van der Waals surface area (Å²) in [6.45, 7) is 1.65. The molecule has 6 nitrogen and oxygen atoms in total. The van der Waals surface area contributed by atoms with Crippen LogP contribution in [-0.4, -0.2) is 38.7 Å². The smallest absolute Gasteiger partial charge is 0.322 e. The molecule has 19 heavy (non-hydrogen) atoms. The number of hydrogen-bond acceptors (Lipinski definition) is 5. The van der Waals surface area contributed by atoms with E-state index in [-0.39, 0.29) is 12.5 Å². The van der Waals surface area contributed by atoms with Gasteiger partial charge in [-0.05, 0) is 19.1 Å². The molecule has 0 saturated heterocycles. The summed E-state index contributed by atoms with van der Waals surface area (Å²) in [6.07, 6.45) is 0. The predicted octanol–water partition coefficient (Wildman–Crippen LogP) is 0.785. The van der Waals surface area contributed by atoms with Gasteiger partial charge in [0.2, 0.25) is 5.91 Å². The van der Waals surface area contributed by atoms with Gasteiger partial charge in [0.1, 0.15) is 11.8 Å². The molecular formula is C13H18N2O4. The average Bonchev–Trinajstić information content (AvgIpc) is 2.44. The van der Waals surface area contributed by atoms with Crippen molar-refractivity contribution in [2.24, 2.45) is 0 Å². The first-order valence-corrected chi connectivity index (χ1v) is 5.82. The fraction of sp³-hybridized carbons (Fsp3) is 0.385. The average molecular weight is 266 g/mol. The Labute approximate surface area is 112 Å². The van der Waals surface area contributed by atoms with E-state index in [0.717, 1.165) is 0 Å².